The molecule has 1 aliphatic rings. The summed E-state index contributed by atoms with van der Waals surface area (Å²) < 4.78 is 13.9. The van der Waals surface area contributed by atoms with E-state index in [1.54, 1.807) is 12.1 Å². The predicted molar refractivity (Wildman–Crippen MR) is 82.1 cm³/mol. The van der Waals surface area contributed by atoms with Crippen molar-refractivity contribution in [2.75, 3.05) is 13.1 Å². The SMILES string of the molecule is CCc1ccc(C(=O)CCC(=O)N2CCC(F)(C(=O)O)C2)cc1. The lowest BCUT2D eigenvalue weighted by molar-refractivity contribution is -0.150. The van der Waals surface area contributed by atoms with Gasteiger partial charge in [-0.05, 0) is 12.0 Å². The van der Waals surface area contributed by atoms with Gasteiger partial charge in [0.2, 0.25) is 11.6 Å². The number of carbonyl (C=O) groups excluding carboxylic acids is 2. The van der Waals surface area contributed by atoms with Crippen molar-refractivity contribution in [2.24, 2.45) is 0 Å². The van der Waals surface area contributed by atoms with Crippen molar-refractivity contribution in [2.45, 2.75) is 38.3 Å². The Bertz CT molecular complexity index is 614. The summed E-state index contributed by atoms with van der Waals surface area (Å²) in [5.74, 6) is -2.07. The number of alkyl halides is 1. The number of amides is 1. The quantitative estimate of drug-likeness (QED) is 0.815. The molecule has 5 nitrogen and oxygen atoms in total. The molecule has 23 heavy (non-hydrogen) atoms. The number of carboxylic acid groups (broad SMARTS) is 1. The number of rotatable bonds is 6. The average molecular weight is 321 g/mol. The number of hydrogen-bond acceptors (Lipinski definition) is 3. The third-order valence-corrected chi connectivity index (χ3v) is 4.21. The summed E-state index contributed by atoms with van der Waals surface area (Å²) in [6.07, 6.45) is 0.675. The molecule has 0 bridgehead atoms. The van der Waals surface area contributed by atoms with Crippen molar-refractivity contribution in [3.63, 3.8) is 0 Å². The first-order valence-electron chi connectivity index (χ1n) is 7.68. The van der Waals surface area contributed by atoms with E-state index in [0.29, 0.717) is 5.56 Å². The lowest BCUT2D eigenvalue weighted by atomic mass is 10.0. The van der Waals surface area contributed by atoms with Crippen LogP contribution in [-0.4, -0.2) is 46.4 Å². The van der Waals surface area contributed by atoms with Crippen LogP contribution in [0.1, 0.15) is 42.1 Å². The van der Waals surface area contributed by atoms with Crippen molar-refractivity contribution >= 4 is 17.7 Å². The molecule has 1 saturated heterocycles. The number of carboxylic acids is 1. The molecule has 0 aromatic heterocycles. The van der Waals surface area contributed by atoms with E-state index in [1.165, 1.54) is 4.90 Å². The van der Waals surface area contributed by atoms with Crippen LogP contribution >= 0.6 is 0 Å². The number of benzene rings is 1. The van der Waals surface area contributed by atoms with Crippen LogP contribution in [-0.2, 0) is 16.0 Å². The number of aliphatic carboxylic acids is 1. The number of hydrogen-bond donors (Lipinski definition) is 1. The molecule has 1 aliphatic heterocycles. The zero-order valence-corrected chi connectivity index (χ0v) is 13.0. The molecule has 0 spiro atoms. The number of carbonyl (C=O) groups is 3. The lowest BCUT2D eigenvalue weighted by Gasteiger charge is -2.17. The van der Waals surface area contributed by atoms with E-state index in [9.17, 15) is 18.8 Å². The number of aryl methyl sites for hydroxylation is 1. The van der Waals surface area contributed by atoms with E-state index in [1.807, 2.05) is 19.1 Å². The van der Waals surface area contributed by atoms with Gasteiger partial charge in [-0.1, -0.05) is 31.2 Å². The maximum absolute atomic E-state index is 13.9. The van der Waals surface area contributed by atoms with Crippen LogP contribution in [0.15, 0.2) is 24.3 Å². The number of ketones is 1. The highest BCUT2D eigenvalue weighted by atomic mass is 19.1. The van der Waals surface area contributed by atoms with Crippen molar-refractivity contribution < 1.29 is 23.9 Å². The molecule has 2 rings (SSSR count). The number of nitrogens with zero attached hydrogens (tertiary/aromatic N) is 1. The fourth-order valence-corrected chi connectivity index (χ4v) is 2.61. The molecule has 1 aromatic rings. The van der Waals surface area contributed by atoms with Gasteiger partial charge in [-0.3, -0.25) is 9.59 Å². The monoisotopic (exact) mass is 321 g/mol. The Morgan fingerprint density at radius 3 is 2.39 bits per heavy atom. The van der Waals surface area contributed by atoms with E-state index in [0.717, 1.165) is 12.0 Å². The third kappa shape index (κ3) is 3.94. The molecule has 124 valence electrons. The van der Waals surface area contributed by atoms with Gasteiger partial charge in [-0.25, -0.2) is 9.18 Å². The molecule has 1 aromatic carbocycles. The van der Waals surface area contributed by atoms with Crippen LogP contribution in [0.5, 0.6) is 0 Å². The first-order valence-corrected chi connectivity index (χ1v) is 7.68. The molecule has 6 heteroatoms. The van der Waals surface area contributed by atoms with Crippen molar-refractivity contribution in [3.8, 4) is 0 Å². The minimum atomic E-state index is -2.37. The van der Waals surface area contributed by atoms with Crippen molar-refractivity contribution in [1.82, 2.24) is 4.90 Å². The van der Waals surface area contributed by atoms with Crippen molar-refractivity contribution in [1.29, 1.82) is 0 Å². The number of halogens is 1. The van der Waals surface area contributed by atoms with E-state index in [4.69, 9.17) is 5.11 Å². The second-order valence-electron chi connectivity index (χ2n) is 5.81. The average Bonchev–Trinajstić information content (AvgIpc) is 2.96. The highest BCUT2D eigenvalue weighted by Crippen LogP contribution is 2.26. The summed E-state index contributed by atoms with van der Waals surface area (Å²) in [6, 6.07) is 7.22. The maximum Gasteiger partial charge on any atom is 0.343 e. The molecule has 1 N–H and O–H groups in total. The summed E-state index contributed by atoms with van der Waals surface area (Å²) in [5.41, 5.74) is -0.695. The van der Waals surface area contributed by atoms with Crippen LogP contribution in [0, 0.1) is 0 Å². The zero-order chi connectivity index (χ0) is 17.0. The number of likely N-dealkylation sites (tertiary alicyclic amines) is 1. The standard InChI is InChI=1S/C17H20FNO4/c1-2-12-3-5-13(6-4-12)14(20)7-8-15(21)19-10-9-17(18,11-19)16(22)23/h3-6H,2,7-11H2,1H3,(H,22,23). The Labute approximate surface area is 134 Å². The molecule has 1 amide bonds. The fraction of sp³-hybridized carbons (Fsp3) is 0.471. The third-order valence-electron chi connectivity index (χ3n) is 4.21. The van der Waals surface area contributed by atoms with E-state index in [2.05, 4.69) is 0 Å². The van der Waals surface area contributed by atoms with Gasteiger partial charge in [0.1, 0.15) is 0 Å². The first-order chi connectivity index (χ1) is 10.9. The Morgan fingerprint density at radius 2 is 1.87 bits per heavy atom. The molecule has 1 fully saturated rings. The zero-order valence-electron chi connectivity index (χ0n) is 13.0. The minimum Gasteiger partial charge on any atom is -0.479 e. The van der Waals surface area contributed by atoms with Crippen LogP contribution in [0.4, 0.5) is 4.39 Å². The van der Waals surface area contributed by atoms with Gasteiger partial charge in [0.05, 0.1) is 6.54 Å². The summed E-state index contributed by atoms with van der Waals surface area (Å²) in [4.78, 5) is 36.1. The normalized spacial score (nSPS) is 20.5. The predicted octanol–water partition coefficient (Wildman–Crippen LogP) is 2.24. The van der Waals surface area contributed by atoms with Gasteiger partial charge in [0, 0.05) is 31.4 Å². The minimum absolute atomic E-state index is 0.0349. The lowest BCUT2D eigenvalue weighted by Crippen LogP contribution is -2.38. The summed E-state index contributed by atoms with van der Waals surface area (Å²) in [5, 5.41) is 8.81. The van der Waals surface area contributed by atoms with Crippen LogP contribution in [0.25, 0.3) is 0 Å². The summed E-state index contributed by atoms with van der Waals surface area (Å²) >= 11 is 0. The smallest absolute Gasteiger partial charge is 0.343 e. The Morgan fingerprint density at radius 1 is 1.22 bits per heavy atom. The fourth-order valence-electron chi connectivity index (χ4n) is 2.61. The summed E-state index contributed by atoms with van der Waals surface area (Å²) in [7, 11) is 0. The first kappa shape index (κ1) is 17.1. The van der Waals surface area contributed by atoms with E-state index >= 15 is 0 Å². The Kier molecular flexibility index (Phi) is 5.13. The van der Waals surface area contributed by atoms with Gasteiger partial charge < -0.3 is 10.0 Å². The Hall–Kier alpha value is -2.24. The topological polar surface area (TPSA) is 74.7 Å². The second-order valence-corrected chi connectivity index (χ2v) is 5.81. The highest BCUT2D eigenvalue weighted by Gasteiger charge is 2.46. The van der Waals surface area contributed by atoms with Gasteiger partial charge in [0.15, 0.2) is 5.78 Å². The van der Waals surface area contributed by atoms with Gasteiger partial charge in [0.25, 0.3) is 0 Å². The summed E-state index contributed by atoms with van der Waals surface area (Å²) in [6.45, 7) is 1.65. The molecular formula is C17H20FNO4. The number of Topliss-reactive ketones (excluding diaryl/α,β-unsaturated/α-hetero) is 1. The van der Waals surface area contributed by atoms with Crippen molar-refractivity contribution in [3.05, 3.63) is 35.4 Å². The molecule has 0 radical (unpaired) electrons. The van der Waals surface area contributed by atoms with E-state index in [-0.39, 0.29) is 37.5 Å². The van der Waals surface area contributed by atoms with Gasteiger partial charge in [-0.2, -0.15) is 0 Å². The largest absolute Gasteiger partial charge is 0.479 e. The van der Waals surface area contributed by atoms with Crippen LogP contribution in [0.3, 0.4) is 0 Å². The van der Waals surface area contributed by atoms with Gasteiger partial charge >= 0.3 is 5.97 Å². The molecule has 0 aliphatic carbocycles. The molecular weight excluding hydrogens is 301 g/mol. The molecule has 1 heterocycles. The molecule has 0 saturated carbocycles. The van der Waals surface area contributed by atoms with E-state index < -0.39 is 18.2 Å². The second kappa shape index (κ2) is 6.89. The van der Waals surface area contributed by atoms with Crippen LogP contribution in [0.2, 0.25) is 0 Å². The highest BCUT2D eigenvalue weighted by molar-refractivity contribution is 5.98. The molecule has 1 atom stereocenters. The van der Waals surface area contributed by atoms with Gasteiger partial charge in [-0.15, -0.1) is 0 Å². The Balaban J connectivity index is 1.87. The maximum atomic E-state index is 13.9. The molecule has 1 unspecified atom stereocenters. The van der Waals surface area contributed by atoms with Crippen LogP contribution < -0.4 is 0 Å².